The highest BCUT2D eigenvalue weighted by Gasteiger charge is 2.19. The van der Waals surface area contributed by atoms with Crippen LogP contribution in [-0.2, 0) is 0 Å². The van der Waals surface area contributed by atoms with Crippen molar-refractivity contribution in [2.24, 2.45) is 0 Å². The van der Waals surface area contributed by atoms with E-state index < -0.39 is 0 Å². The largest absolute Gasteiger partial charge is 0.360 e. The molecule has 0 spiro atoms. The molecule has 1 amide bonds. The van der Waals surface area contributed by atoms with Gasteiger partial charge in [0, 0.05) is 23.5 Å². The Morgan fingerprint density at radius 1 is 1.25 bits per heavy atom. The molecule has 0 saturated heterocycles. The summed E-state index contributed by atoms with van der Waals surface area (Å²) in [6.45, 7) is 3.68. The molecule has 0 unspecified atom stereocenters. The van der Waals surface area contributed by atoms with Gasteiger partial charge in [-0.3, -0.25) is 9.20 Å². The number of hydrogen-bond donors (Lipinski definition) is 1. The van der Waals surface area contributed by atoms with Gasteiger partial charge in [-0.05, 0) is 13.8 Å². The number of benzene rings is 1. The van der Waals surface area contributed by atoms with E-state index in [1.807, 2.05) is 47.9 Å². The van der Waals surface area contributed by atoms with E-state index in [1.54, 1.807) is 13.0 Å². The molecule has 0 aliphatic rings. The van der Waals surface area contributed by atoms with E-state index >= 15 is 0 Å². The topological polar surface area (TPSA) is 72.4 Å². The van der Waals surface area contributed by atoms with Gasteiger partial charge in [-0.2, -0.15) is 0 Å². The van der Waals surface area contributed by atoms with Crippen LogP contribution < -0.4 is 5.32 Å². The summed E-state index contributed by atoms with van der Waals surface area (Å²) in [7, 11) is 0. The summed E-state index contributed by atoms with van der Waals surface area (Å²) in [6.07, 6.45) is 1.95. The number of aromatic nitrogens is 3. The van der Waals surface area contributed by atoms with Crippen molar-refractivity contribution < 1.29 is 9.32 Å². The number of fused-ring (bicyclic) bond motifs is 1. The Hall–Kier alpha value is -2.93. The molecule has 3 heterocycles. The summed E-state index contributed by atoms with van der Waals surface area (Å²) in [4.78, 5) is 18.5. The first-order valence-electron chi connectivity index (χ1n) is 7.40. The Labute approximate surface area is 141 Å². The zero-order chi connectivity index (χ0) is 16.7. The predicted molar refractivity (Wildman–Crippen MR) is 92.4 cm³/mol. The van der Waals surface area contributed by atoms with Crippen LogP contribution >= 0.6 is 11.3 Å². The second-order valence-corrected chi connectivity index (χ2v) is 6.42. The van der Waals surface area contributed by atoms with Crippen molar-refractivity contribution in [3.63, 3.8) is 0 Å². The molecule has 0 saturated carbocycles. The molecule has 4 aromatic rings. The molecule has 7 heteroatoms. The molecule has 24 heavy (non-hydrogen) atoms. The SMILES string of the molecule is Cc1cc(NC(=O)c2sc3nc(-c4ccccc4)cn3c2C)no1. The van der Waals surface area contributed by atoms with E-state index in [2.05, 4.69) is 15.5 Å². The number of anilines is 1. The Kier molecular flexibility index (Phi) is 3.42. The third kappa shape index (κ3) is 2.48. The summed E-state index contributed by atoms with van der Waals surface area (Å²) < 4.78 is 6.90. The lowest BCUT2D eigenvalue weighted by molar-refractivity contribution is 0.102. The molecule has 3 aromatic heterocycles. The average Bonchev–Trinajstić information content (AvgIpc) is 3.25. The fraction of sp³-hybridized carbons (Fsp3) is 0.118. The number of hydrogen-bond acceptors (Lipinski definition) is 5. The predicted octanol–water partition coefficient (Wildman–Crippen LogP) is 3.92. The second kappa shape index (κ2) is 5.61. The number of aryl methyl sites for hydroxylation is 2. The summed E-state index contributed by atoms with van der Waals surface area (Å²) >= 11 is 1.35. The van der Waals surface area contributed by atoms with E-state index in [4.69, 9.17) is 4.52 Å². The normalized spacial score (nSPS) is 11.1. The van der Waals surface area contributed by atoms with E-state index in [9.17, 15) is 4.79 Å². The van der Waals surface area contributed by atoms with Crippen LogP contribution in [0.5, 0.6) is 0 Å². The maximum Gasteiger partial charge on any atom is 0.268 e. The molecule has 120 valence electrons. The highest BCUT2D eigenvalue weighted by Crippen LogP contribution is 2.27. The van der Waals surface area contributed by atoms with Gasteiger partial charge in [-0.1, -0.05) is 46.8 Å². The molecular weight excluding hydrogens is 324 g/mol. The fourth-order valence-corrected chi connectivity index (χ4v) is 3.51. The summed E-state index contributed by atoms with van der Waals surface area (Å²) in [5.41, 5.74) is 2.79. The minimum absolute atomic E-state index is 0.211. The number of thiazole rings is 1. The molecular formula is C17H14N4O2S. The van der Waals surface area contributed by atoms with Gasteiger partial charge in [0.1, 0.15) is 10.6 Å². The van der Waals surface area contributed by atoms with Crippen molar-refractivity contribution in [1.82, 2.24) is 14.5 Å². The third-order valence-electron chi connectivity index (χ3n) is 3.70. The molecule has 0 bridgehead atoms. The number of carbonyl (C=O) groups is 1. The Morgan fingerprint density at radius 2 is 2.04 bits per heavy atom. The number of carbonyl (C=O) groups excluding carboxylic acids is 1. The lowest BCUT2D eigenvalue weighted by atomic mass is 10.2. The summed E-state index contributed by atoms with van der Waals surface area (Å²) in [6, 6.07) is 11.6. The van der Waals surface area contributed by atoms with Crippen LogP contribution in [0, 0.1) is 13.8 Å². The maximum absolute atomic E-state index is 12.4. The van der Waals surface area contributed by atoms with Crippen LogP contribution in [0.3, 0.4) is 0 Å². The number of nitrogens with zero attached hydrogens (tertiary/aromatic N) is 3. The highest BCUT2D eigenvalue weighted by molar-refractivity contribution is 7.19. The van der Waals surface area contributed by atoms with Crippen molar-refractivity contribution >= 4 is 28.0 Å². The molecule has 1 aromatic carbocycles. The fourth-order valence-electron chi connectivity index (χ4n) is 2.51. The van der Waals surface area contributed by atoms with Gasteiger partial charge >= 0.3 is 0 Å². The van der Waals surface area contributed by atoms with Gasteiger partial charge < -0.3 is 9.84 Å². The average molecular weight is 338 g/mol. The van der Waals surface area contributed by atoms with Crippen LogP contribution in [0.25, 0.3) is 16.2 Å². The molecule has 0 fully saturated rings. The lowest BCUT2D eigenvalue weighted by Gasteiger charge is -1.99. The number of imidazole rings is 1. The first kappa shape index (κ1) is 14.6. The third-order valence-corrected chi connectivity index (χ3v) is 4.86. The number of amides is 1. The van der Waals surface area contributed by atoms with Crippen LogP contribution in [0.4, 0.5) is 5.82 Å². The van der Waals surface area contributed by atoms with Crippen molar-refractivity contribution in [2.75, 3.05) is 5.32 Å². The second-order valence-electron chi connectivity index (χ2n) is 5.44. The van der Waals surface area contributed by atoms with E-state index in [0.717, 1.165) is 21.9 Å². The summed E-state index contributed by atoms with van der Waals surface area (Å²) in [5.74, 6) is 0.848. The summed E-state index contributed by atoms with van der Waals surface area (Å²) in [5, 5.41) is 6.52. The maximum atomic E-state index is 12.4. The van der Waals surface area contributed by atoms with Gasteiger partial charge in [0.2, 0.25) is 0 Å². The van der Waals surface area contributed by atoms with Crippen molar-refractivity contribution in [2.45, 2.75) is 13.8 Å². The first-order valence-corrected chi connectivity index (χ1v) is 8.22. The van der Waals surface area contributed by atoms with Crippen molar-refractivity contribution in [1.29, 1.82) is 0 Å². The van der Waals surface area contributed by atoms with Gasteiger partial charge in [0.05, 0.1) is 5.69 Å². The molecule has 6 nitrogen and oxygen atoms in total. The van der Waals surface area contributed by atoms with Crippen molar-refractivity contribution in [3.05, 3.63) is 58.9 Å². The van der Waals surface area contributed by atoms with Crippen LogP contribution in [0.15, 0.2) is 47.1 Å². The molecule has 1 N–H and O–H groups in total. The van der Waals surface area contributed by atoms with Crippen molar-refractivity contribution in [3.8, 4) is 11.3 Å². The Bertz CT molecular complexity index is 1030. The van der Waals surface area contributed by atoms with E-state index in [1.165, 1.54) is 11.3 Å². The smallest absolute Gasteiger partial charge is 0.268 e. The number of rotatable bonds is 3. The standard InChI is InChI=1S/C17H14N4O2S/c1-10-8-14(20-23-10)19-16(22)15-11(2)21-9-13(18-17(21)24-15)12-6-4-3-5-7-12/h3-9H,1-2H3,(H,19,20,22). The van der Waals surface area contributed by atoms with E-state index in [0.29, 0.717) is 16.5 Å². The molecule has 4 rings (SSSR count). The van der Waals surface area contributed by atoms with Gasteiger partial charge in [0.25, 0.3) is 5.91 Å². The molecule has 0 radical (unpaired) electrons. The monoisotopic (exact) mass is 338 g/mol. The lowest BCUT2D eigenvalue weighted by Crippen LogP contribution is -2.12. The molecule has 0 atom stereocenters. The minimum Gasteiger partial charge on any atom is -0.360 e. The molecule has 0 aliphatic carbocycles. The van der Waals surface area contributed by atoms with Gasteiger partial charge in [0.15, 0.2) is 10.8 Å². The molecule has 0 aliphatic heterocycles. The number of nitrogens with one attached hydrogen (secondary N) is 1. The van der Waals surface area contributed by atoms with Crippen LogP contribution in [-0.4, -0.2) is 20.4 Å². The Balaban J connectivity index is 1.66. The first-order chi connectivity index (χ1) is 11.6. The zero-order valence-corrected chi connectivity index (χ0v) is 13.9. The zero-order valence-electron chi connectivity index (χ0n) is 13.1. The van der Waals surface area contributed by atoms with Gasteiger partial charge in [-0.25, -0.2) is 4.98 Å². The van der Waals surface area contributed by atoms with Gasteiger partial charge in [-0.15, -0.1) is 0 Å². The van der Waals surface area contributed by atoms with E-state index in [-0.39, 0.29) is 5.91 Å². The minimum atomic E-state index is -0.211. The quantitative estimate of drug-likeness (QED) is 0.614. The Morgan fingerprint density at radius 3 is 2.71 bits per heavy atom. The van der Waals surface area contributed by atoms with Crippen LogP contribution in [0.1, 0.15) is 21.1 Å². The van der Waals surface area contributed by atoms with Crippen LogP contribution in [0.2, 0.25) is 0 Å². The highest BCUT2D eigenvalue weighted by atomic mass is 32.1.